The van der Waals surface area contributed by atoms with Crippen LogP contribution in [0.4, 0.5) is 0 Å². The fraction of sp³-hybridized carbons (Fsp3) is 0.417. The fourth-order valence-corrected chi connectivity index (χ4v) is 1.23. The molecule has 0 radical (unpaired) electrons. The summed E-state index contributed by atoms with van der Waals surface area (Å²) in [7, 11) is 0. The molecule has 1 unspecified atom stereocenters. The van der Waals surface area contributed by atoms with Crippen LogP contribution in [-0.2, 0) is 0 Å². The van der Waals surface area contributed by atoms with E-state index in [9.17, 15) is 15.0 Å². The predicted molar refractivity (Wildman–Crippen MR) is 65.0 cm³/mol. The second-order valence-corrected chi connectivity index (χ2v) is 4.64. The number of rotatable bonds is 3. The highest BCUT2D eigenvalue weighted by Crippen LogP contribution is 2.26. The molecule has 0 saturated carbocycles. The Morgan fingerprint density at radius 3 is 2.24 bits per heavy atom. The SMILES string of the molecule is CC(N)C(C)(C)NC(=O)c1c(O)cccc1O. The van der Waals surface area contributed by atoms with Crippen LogP contribution in [0.3, 0.4) is 0 Å². The molecule has 0 saturated heterocycles. The monoisotopic (exact) mass is 238 g/mol. The predicted octanol–water partition coefficient (Wildman–Crippen LogP) is 0.953. The molecule has 5 N–H and O–H groups in total. The average molecular weight is 238 g/mol. The summed E-state index contributed by atoms with van der Waals surface area (Å²) in [4.78, 5) is 11.9. The van der Waals surface area contributed by atoms with Crippen molar-refractivity contribution in [2.24, 2.45) is 5.73 Å². The van der Waals surface area contributed by atoms with E-state index in [2.05, 4.69) is 5.32 Å². The first-order valence-corrected chi connectivity index (χ1v) is 5.34. The molecule has 1 atom stereocenters. The van der Waals surface area contributed by atoms with Crippen LogP contribution in [-0.4, -0.2) is 27.7 Å². The third-order valence-corrected chi connectivity index (χ3v) is 2.82. The first-order valence-electron chi connectivity index (χ1n) is 5.34. The smallest absolute Gasteiger partial charge is 0.259 e. The fourth-order valence-electron chi connectivity index (χ4n) is 1.23. The highest BCUT2D eigenvalue weighted by atomic mass is 16.3. The molecule has 1 amide bonds. The van der Waals surface area contributed by atoms with Crippen molar-refractivity contribution in [3.05, 3.63) is 23.8 Å². The van der Waals surface area contributed by atoms with Gasteiger partial charge in [0.05, 0.1) is 0 Å². The number of nitrogens with two attached hydrogens (primary N) is 1. The Morgan fingerprint density at radius 1 is 1.35 bits per heavy atom. The van der Waals surface area contributed by atoms with Gasteiger partial charge >= 0.3 is 0 Å². The quantitative estimate of drug-likeness (QED) is 0.630. The minimum absolute atomic E-state index is 0.138. The summed E-state index contributed by atoms with van der Waals surface area (Å²) < 4.78 is 0. The Morgan fingerprint density at radius 2 is 1.82 bits per heavy atom. The van der Waals surface area contributed by atoms with Gasteiger partial charge in [0.25, 0.3) is 5.91 Å². The van der Waals surface area contributed by atoms with Crippen LogP contribution in [0.2, 0.25) is 0 Å². The summed E-state index contributed by atoms with van der Waals surface area (Å²) in [6.07, 6.45) is 0. The average Bonchev–Trinajstić information content (AvgIpc) is 2.15. The van der Waals surface area contributed by atoms with Crippen LogP contribution < -0.4 is 11.1 Å². The zero-order valence-electron chi connectivity index (χ0n) is 10.2. The molecule has 5 nitrogen and oxygen atoms in total. The summed E-state index contributed by atoms with van der Waals surface area (Å²) >= 11 is 0. The zero-order valence-corrected chi connectivity index (χ0v) is 10.2. The highest BCUT2D eigenvalue weighted by molar-refractivity contribution is 5.99. The lowest BCUT2D eigenvalue weighted by atomic mass is 9.96. The first kappa shape index (κ1) is 13.3. The van der Waals surface area contributed by atoms with Crippen LogP contribution in [0.25, 0.3) is 0 Å². The van der Waals surface area contributed by atoms with Crippen LogP contribution in [0.5, 0.6) is 11.5 Å². The summed E-state index contributed by atoms with van der Waals surface area (Å²) in [6, 6.07) is 3.87. The lowest BCUT2D eigenvalue weighted by molar-refractivity contribution is 0.0898. The summed E-state index contributed by atoms with van der Waals surface area (Å²) in [5, 5.41) is 21.8. The van der Waals surface area contributed by atoms with Gasteiger partial charge in [0.15, 0.2) is 0 Å². The van der Waals surface area contributed by atoms with Gasteiger partial charge in [-0.15, -0.1) is 0 Å². The van der Waals surface area contributed by atoms with Gasteiger partial charge in [-0.25, -0.2) is 0 Å². The number of amides is 1. The minimum atomic E-state index is -0.633. The van der Waals surface area contributed by atoms with Crippen molar-refractivity contribution in [3.8, 4) is 11.5 Å². The highest BCUT2D eigenvalue weighted by Gasteiger charge is 2.27. The summed E-state index contributed by atoms with van der Waals surface area (Å²) in [5.41, 5.74) is 4.96. The minimum Gasteiger partial charge on any atom is -0.507 e. The Balaban J connectivity index is 2.99. The van der Waals surface area contributed by atoms with E-state index < -0.39 is 11.4 Å². The molecule has 0 aromatic heterocycles. The van der Waals surface area contributed by atoms with E-state index in [1.807, 2.05) is 0 Å². The van der Waals surface area contributed by atoms with E-state index in [4.69, 9.17) is 5.73 Å². The summed E-state index contributed by atoms with van der Waals surface area (Å²) in [6.45, 7) is 5.31. The molecule has 0 aliphatic carbocycles. The van der Waals surface area contributed by atoms with Crippen molar-refractivity contribution < 1.29 is 15.0 Å². The van der Waals surface area contributed by atoms with Crippen molar-refractivity contribution in [1.29, 1.82) is 0 Å². The van der Waals surface area contributed by atoms with E-state index in [1.165, 1.54) is 18.2 Å². The molecular weight excluding hydrogens is 220 g/mol. The molecule has 0 spiro atoms. The van der Waals surface area contributed by atoms with Gasteiger partial charge < -0.3 is 21.3 Å². The molecule has 94 valence electrons. The Hall–Kier alpha value is -1.75. The molecular formula is C12H18N2O3. The molecule has 17 heavy (non-hydrogen) atoms. The van der Waals surface area contributed by atoms with Gasteiger partial charge in [-0.2, -0.15) is 0 Å². The lowest BCUT2D eigenvalue weighted by Gasteiger charge is -2.30. The number of aromatic hydroxyl groups is 2. The van der Waals surface area contributed by atoms with Crippen molar-refractivity contribution in [2.75, 3.05) is 0 Å². The molecule has 1 rings (SSSR count). The Bertz CT molecular complexity index is 408. The standard InChI is InChI=1S/C12H18N2O3/c1-7(13)12(2,3)14-11(17)10-8(15)5-4-6-9(10)16/h4-7,15-16H,13H2,1-3H3,(H,14,17). The number of hydrogen-bond donors (Lipinski definition) is 4. The van der Waals surface area contributed by atoms with Gasteiger partial charge in [-0.3, -0.25) is 4.79 Å². The van der Waals surface area contributed by atoms with E-state index in [1.54, 1.807) is 20.8 Å². The number of phenols is 2. The molecule has 1 aromatic rings. The maximum Gasteiger partial charge on any atom is 0.259 e. The van der Waals surface area contributed by atoms with Gasteiger partial charge in [0.2, 0.25) is 0 Å². The van der Waals surface area contributed by atoms with E-state index in [0.29, 0.717) is 0 Å². The number of carbonyl (C=O) groups excluding carboxylic acids is 1. The van der Waals surface area contributed by atoms with Crippen LogP contribution in [0.1, 0.15) is 31.1 Å². The largest absolute Gasteiger partial charge is 0.507 e. The zero-order chi connectivity index (χ0) is 13.2. The molecule has 0 aliphatic rings. The molecule has 1 aromatic carbocycles. The van der Waals surface area contributed by atoms with Crippen molar-refractivity contribution >= 4 is 5.91 Å². The first-order chi connectivity index (χ1) is 7.75. The topological polar surface area (TPSA) is 95.6 Å². The van der Waals surface area contributed by atoms with E-state index >= 15 is 0 Å². The maximum absolute atomic E-state index is 11.9. The summed E-state index contributed by atoms with van der Waals surface area (Å²) in [5.74, 6) is -1.08. The number of carbonyl (C=O) groups is 1. The Kier molecular flexibility index (Phi) is 3.63. The molecule has 0 fully saturated rings. The van der Waals surface area contributed by atoms with Crippen molar-refractivity contribution in [3.63, 3.8) is 0 Å². The molecule has 0 aliphatic heterocycles. The van der Waals surface area contributed by atoms with E-state index in [0.717, 1.165) is 0 Å². The Labute approximate surface area is 100 Å². The molecule has 0 heterocycles. The van der Waals surface area contributed by atoms with E-state index in [-0.39, 0.29) is 23.1 Å². The third-order valence-electron chi connectivity index (χ3n) is 2.82. The van der Waals surface area contributed by atoms with Crippen LogP contribution in [0.15, 0.2) is 18.2 Å². The van der Waals surface area contributed by atoms with Gasteiger partial charge in [0, 0.05) is 11.6 Å². The number of phenolic OH excluding ortho intramolecular Hbond substituents is 2. The van der Waals surface area contributed by atoms with Gasteiger partial charge in [0.1, 0.15) is 17.1 Å². The molecule has 5 heteroatoms. The van der Waals surface area contributed by atoms with Crippen LogP contribution in [0, 0.1) is 0 Å². The second-order valence-electron chi connectivity index (χ2n) is 4.64. The number of benzene rings is 1. The number of nitrogens with one attached hydrogen (secondary N) is 1. The van der Waals surface area contributed by atoms with Crippen molar-refractivity contribution in [2.45, 2.75) is 32.4 Å². The lowest BCUT2D eigenvalue weighted by Crippen LogP contribution is -2.54. The van der Waals surface area contributed by atoms with Crippen molar-refractivity contribution in [1.82, 2.24) is 5.32 Å². The second kappa shape index (κ2) is 4.63. The van der Waals surface area contributed by atoms with Crippen LogP contribution >= 0.6 is 0 Å². The molecule has 0 bridgehead atoms. The third kappa shape index (κ3) is 2.88. The number of hydrogen-bond acceptors (Lipinski definition) is 4. The normalized spacial score (nSPS) is 13.2. The van der Waals surface area contributed by atoms with Gasteiger partial charge in [-0.1, -0.05) is 6.07 Å². The van der Waals surface area contributed by atoms with Gasteiger partial charge in [-0.05, 0) is 32.9 Å². The maximum atomic E-state index is 11.9.